The summed E-state index contributed by atoms with van der Waals surface area (Å²) >= 11 is 1.63. The van der Waals surface area contributed by atoms with E-state index in [0.717, 1.165) is 17.9 Å². The molecule has 0 saturated heterocycles. The van der Waals surface area contributed by atoms with Gasteiger partial charge in [0.1, 0.15) is 0 Å². The van der Waals surface area contributed by atoms with Crippen molar-refractivity contribution in [3.8, 4) is 0 Å². The van der Waals surface area contributed by atoms with Gasteiger partial charge in [-0.1, -0.05) is 6.07 Å². The molecule has 0 bridgehead atoms. The van der Waals surface area contributed by atoms with E-state index in [0.29, 0.717) is 0 Å². The molecule has 1 unspecified atom stereocenters. The van der Waals surface area contributed by atoms with Gasteiger partial charge < -0.3 is 5.32 Å². The van der Waals surface area contributed by atoms with Crippen LogP contribution in [-0.4, -0.2) is 9.97 Å². The first-order valence-corrected chi connectivity index (χ1v) is 6.23. The van der Waals surface area contributed by atoms with Crippen LogP contribution in [-0.2, 0) is 6.54 Å². The maximum absolute atomic E-state index is 4.35. The van der Waals surface area contributed by atoms with Crippen molar-refractivity contribution in [2.45, 2.75) is 26.4 Å². The summed E-state index contributed by atoms with van der Waals surface area (Å²) in [4.78, 5) is 8.64. The van der Waals surface area contributed by atoms with E-state index in [4.69, 9.17) is 0 Å². The molecule has 0 fully saturated rings. The van der Waals surface area contributed by atoms with Gasteiger partial charge in [-0.3, -0.25) is 4.98 Å². The summed E-state index contributed by atoms with van der Waals surface area (Å²) in [5.41, 5.74) is 5.28. The van der Waals surface area contributed by atoms with Gasteiger partial charge in [0.25, 0.3) is 0 Å². The van der Waals surface area contributed by atoms with Crippen LogP contribution in [0.5, 0.6) is 0 Å². The molecular weight excluding hydrogens is 218 g/mol. The Labute approximate surface area is 99.6 Å². The number of pyridine rings is 1. The molecule has 2 aromatic rings. The third-order valence-electron chi connectivity index (χ3n) is 2.59. The third-order valence-corrected chi connectivity index (χ3v) is 3.19. The Hall–Kier alpha value is -1.26. The Bertz CT molecular complexity index is 439. The van der Waals surface area contributed by atoms with Crippen molar-refractivity contribution in [3.63, 3.8) is 0 Å². The number of nitrogens with zero attached hydrogens (tertiary/aromatic N) is 2. The second kappa shape index (κ2) is 5.18. The molecule has 0 radical (unpaired) electrons. The van der Waals surface area contributed by atoms with Gasteiger partial charge in [0.05, 0.1) is 16.9 Å². The summed E-state index contributed by atoms with van der Waals surface area (Å²) in [6.07, 6.45) is 1.83. The highest BCUT2D eigenvalue weighted by Gasteiger charge is 2.07. The Morgan fingerprint density at radius 1 is 1.44 bits per heavy atom. The molecule has 1 N–H and O–H groups in total. The number of aromatic nitrogens is 2. The molecule has 0 aliphatic carbocycles. The zero-order valence-corrected chi connectivity index (χ0v) is 10.3. The average molecular weight is 233 g/mol. The largest absolute Gasteiger partial charge is 0.303 e. The zero-order chi connectivity index (χ0) is 11.4. The fourth-order valence-electron chi connectivity index (χ4n) is 1.49. The molecule has 0 aliphatic rings. The molecule has 0 aromatic carbocycles. The first-order chi connectivity index (χ1) is 7.77. The van der Waals surface area contributed by atoms with Gasteiger partial charge in [0.2, 0.25) is 0 Å². The number of rotatable bonds is 4. The van der Waals surface area contributed by atoms with E-state index in [1.165, 1.54) is 5.56 Å². The summed E-state index contributed by atoms with van der Waals surface area (Å²) < 4.78 is 0. The average Bonchev–Trinajstić information content (AvgIpc) is 2.81. The van der Waals surface area contributed by atoms with E-state index >= 15 is 0 Å². The SMILES string of the molecule is Cc1cccnc1CNC(C)c1cscn1. The summed E-state index contributed by atoms with van der Waals surface area (Å²) in [5.74, 6) is 0. The Balaban J connectivity index is 1.95. The molecule has 1 atom stereocenters. The van der Waals surface area contributed by atoms with Crippen molar-refractivity contribution >= 4 is 11.3 Å². The van der Waals surface area contributed by atoms with E-state index in [1.54, 1.807) is 11.3 Å². The normalized spacial score (nSPS) is 12.6. The zero-order valence-electron chi connectivity index (χ0n) is 9.47. The minimum atomic E-state index is 0.271. The molecule has 2 aromatic heterocycles. The van der Waals surface area contributed by atoms with Crippen LogP contribution < -0.4 is 5.32 Å². The predicted molar refractivity (Wildman–Crippen MR) is 66.3 cm³/mol. The summed E-state index contributed by atoms with van der Waals surface area (Å²) in [6, 6.07) is 4.31. The standard InChI is InChI=1S/C12H15N3S/c1-9-4-3-5-13-11(9)6-14-10(2)12-7-16-8-15-12/h3-5,7-8,10,14H,6H2,1-2H3. The number of thiazole rings is 1. The van der Waals surface area contributed by atoms with Crippen LogP contribution in [0.4, 0.5) is 0 Å². The lowest BCUT2D eigenvalue weighted by Gasteiger charge is -2.12. The van der Waals surface area contributed by atoms with Crippen LogP contribution in [0.15, 0.2) is 29.2 Å². The maximum atomic E-state index is 4.35. The van der Waals surface area contributed by atoms with Crippen molar-refractivity contribution < 1.29 is 0 Å². The number of aryl methyl sites for hydroxylation is 1. The molecular formula is C12H15N3S. The second-order valence-corrected chi connectivity index (χ2v) is 4.50. The number of hydrogen-bond acceptors (Lipinski definition) is 4. The van der Waals surface area contributed by atoms with Gasteiger partial charge in [0, 0.05) is 24.2 Å². The van der Waals surface area contributed by atoms with Gasteiger partial charge in [-0.2, -0.15) is 0 Å². The molecule has 3 nitrogen and oxygen atoms in total. The van der Waals surface area contributed by atoms with Gasteiger partial charge in [-0.05, 0) is 25.5 Å². The van der Waals surface area contributed by atoms with Crippen LogP contribution in [0.25, 0.3) is 0 Å². The quantitative estimate of drug-likeness (QED) is 0.882. The molecule has 2 heterocycles. The van der Waals surface area contributed by atoms with Gasteiger partial charge in [-0.15, -0.1) is 11.3 Å². The minimum Gasteiger partial charge on any atom is -0.303 e. The summed E-state index contributed by atoms with van der Waals surface area (Å²) in [5, 5.41) is 5.50. The first-order valence-electron chi connectivity index (χ1n) is 5.29. The van der Waals surface area contributed by atoms with Crippen molar-refractivity contribution in [3.05, 3.63) is 46.2 Å². The summed E-state index contributed by atoms with van der Waals surface area (Å²) in [6.45, 7) is 4.98. The fourth-order valence-corrected chi connectivity index (χ4v) is 2.14. The highest BCUT2D eigenvalue weighted by Crippen LogP contribution is 2.13. The maximum Gasteiger partial charge on any atom is 0.0795 e. The molecule has 0 aliphatic heterocycles. The molecule has 4 heteroatoms. The van der Waals surface area contributed by atoms with E-state index < -0.39 is 0 Å². The summed E-state index contributed by atoms with van der Waals surface area (Å²) in [7, 11) is 0. The molecule has 0 amide bonds. The highest BCUT2D eigenvalue weighted by atomic mass is 32.1. The number of nitrogens with one attached hydrogen (secondary N) is 1. The van der Waals surface area contributed by atoms with E-state index in [1.807, 2.05) is 17.8 Å². The Morgan fingerprint density at radius 3 is 3.00 bits per heavy atom. The van der Waals surface area contributed by atoms with Crippen molar-refractivity contribution in [1.82, 2.24) is 15.3 Å². The molecule has 2 rings (SSSR count). The van der Waals surface area contributed by atoms with Gasteiger partial charge in [-0.25, -0.2) is 4.98 Å². The topological polar surface area (TPSA) is 37.8 Å². The van der Waals surface area contributed by atoms with Crippen molar-refractivity contribution in [2.75, 3.05) is 0 Å². The van der Waals surface area contributed by atoms with Crippen LogP contribution in [0.2, 0.25) is 0 Å². The van der Waals surface area contributed by atoms with E-state index in [9.17, 15) is 0 Å². The van der Waals surface area contributed by atoms with Crippen LogP contribution in [0.1, 0.15) is 29.9 Å². The van der Waals surface area contributed by atoms with Gasteiger partial charge >= 0.3 is 0 Å². The van der Waals surface area contributed by atoms with Gasteiger partial charge in [0.15, 0.2) is 0 Å². The monoisotopic (exact) mass is 233 g/mol. The number of hydrogen-bond donors (Lipinski definition) is 1. The van der Waals surface area contributed by atoms with E-state index in [2.05, 4.69) is 40.6 Å². The van der Waals surface area contributed by atoms with Crippen molar-refractivity contribution in [1.29, 1.82) is 0 Å². The van der Waals surface area contributed by atoms with Crippen molar-refractivity contribution in [2.24, 2.45) is 0 Å². The second-order valence-electron chi connectivity index (χ2n) is 3.78. The lowest BCUT2D eigenvalue weighted by Crippen LogP contribution is -2.19. The van der Waals surface area contributed by atoms with E-state index in [-0.39, 0.29) is 6.04 Å². The lowest BCUT2D eigenvalue weighted by molar-refractivity contribution is 0.556. The highest BCUT2D eigenvalue weighted by molar-refractivity contribution is 7.07. The predicted octanol–water partition coefficient (Wildman–Crippen LogP) is 2.70. The smallest absolute Gasteiger partial charge is 0.0795 e. The first kappa shape index (κ1) is 11.2. The Kier molecular flexibility index (Phi) is 3.64. The molecule has 0 saturated carbocycles. The Morgan fingerprint density at radius 2 is 2.31 bits per heavy atom. The van der Waals surface area contributed by atoms with Crippen LogP contribution >= 0.6 is 11.3 Å². The fraction of sp³-hybridized carbons (Fsp3) is 0.333. The third kappa shape index (κ3) is 2.65. The molecule has 16 heavy (non-hydrogen) atoms. The lowest BCUT2D eigenvalue weighted by atomic mass is 10.2. The van der Waals surface area contributed by atoms with Crippen LogP contribution in [0, 0.1) is 6.92 Å². The minimum absolute atomic E-state index is 0.271. The van der Waals surface area contributed by atoms with Crippen LogP contribution in [0.3, 0.4) is 0 Å². The molecule has 0 spiro atoms. The molecule has 84 valence electrons.